The van der Waals surface area contributed by atoms with Crippen LogP contribution < -0.4 is 5.76 Å². The average Bonchev–Trinajstić information content (AvgIpc) is 2.69. The maximum absolute atomic E-state index is 11.1. The number of aliphatic hydroxyl groups excluding tert-OH is 1. The molecule has 2 aromatic rings. The molecule has 0 aliphatic rings. The first-order valence-electron chi connectivity index (χ1n) is 5.39. The topological polar surface area (TPSA) is 92.5 Å². The van der Waals surface area contributed by atoms with Crippen molar-refractivity contribution in [3.63, 3.8) is 0 Å². The largest absolute Gasteiger partial charge is 0.467 e. The molecule has 6 heteroatoms. The van der Waals surface area contributed by atoms with E-state index >= 15 is 0 Å². The second kappa shape index (κ2) is 4.66. The summed E-state index contributed by atoms with van der Waals surface area (Å²) < 4.78 is 9.39. The number of aryl methyl sites for hydroxylation is 1. The number of aromatic amines is 1. The highest BCUT2D eigenvalue weighted by Gasteiger charge is 2.17. The third-order valence-corrected chi connectivity index (χ3v) is 2.69. The van der Waals surface area contributed by atoms with Crippen LogP contribution in [0.1, 0.15) is 11.1 Å². The van der Waals surface area contributed by atoms with E-state index in [0.29, 0.717) is 16.7 Å². The quantitative estimate of drug-likeness (QED) is 0.775. The Morgan fingerprint density at radius 1 is 1.56 bits per heavy atom. The molecule has 1 unspecified atom stereocenters. The van der Waals surface area contributed by atoms with Gasteiger partial charge in [-0.3, -0.25) is 4.98 Å². The van der Waals surface area contributed by atoms with Crippen LogP contribution in [0.25, 0.3) is 11.1 Å². The first-order valence-corrected chi connectivity index (χ1v) is 5.39. The third kappa shape index (κ3) is 2.28. The lowest BCUT2D eigenvalue weighted by molar-refractivity contribution is -0.150. The fourth-order valence-electron chi connectivity index (χ4n) is 1.86. The molecule has 0 saturated heterocycles. The van der Waals surface area contributed by atoms with E-state index in [1.165, 1.54) is 7.11 Å². The smallest absolute Gasteiger partial charge is 0.417 e. The van der Waals surface area contributed by atoms with Crippen molar-refractivity contribution in [3.8, 4) is 0 Å². The van der Waals surface area contributed by atoms with Crippen molar-refractivity contribution in [1.82, 2.24) is 4.98 Å². The molecule has 1 aromatic carbocycles. The predicted molar refractivity (Wildman–Crippen MR) is 63.3 cm³/mol. The predicted octanol–water partition coefficient (Wildman–Crippen LogP) is 0.506. The standard InChI is InChI=1S/C12H13NO5/c1-6-3-7(4-8(14)11(15)17-2)5-9-10(6)13-12(16)18-9/h3,5,8,14H,4H2,1-2H3,(H,13,16). The van der Waals surface area contributed by atoms with E-state index in [2.05, 4.69) is 9.72 Å². The molecule has 2 N–H and O–H groups in total. The van der Waals surface area contributed by atoms with Gasteiger partial charge in [0.1, 0.15) is 0 Å². The number of hydrogen-bond donors (Lipinski definition) is 2. The van der Waals surface area contributed by atoms with Crippen molar-refractivity contribution in [1.29, 1.82) is 0 Å². The maximum Gasteiger partial charge on any atom is 0.417 e. The van der Waals surface area contributed by atoms with Crippen molar-refractivity contribution in [2.45, 2.75) is 19.4 Å². The van der Waals surface area contributed by atoms with Crippen LogP contribution in [0.5, 0.6) is 0 Å². The highest BCUT2D eigenvalue weighted by atomic mass is 16.5. The number of oxazole rings is 1. The molecule has 0 saturated carbocycles. The monoisotopic (exact) mass is 251 g/mol. The lowest BCUT2D eigenvalue weighted by Crippen LogP contribution is -2.24. The molecule has 1 atom stereocenters. The van der Waals surface area contributed by atoms with E-state index in [1.54, 1.807) is 12.1 Å². The van der Waals surface area contributed by atoms with Gasteiger partial charge in [-0.2, -0.15) is 0 Å². The molecule has 6 nitrogen and oxygen atoms in total. The summed E-state index contributed by atoms with van der Waals surface area (Å²) in [6, 6.07) is 3.40. The van der Waals surface area contributed by atoms with E-state index in [-0.39, 0.29) is 6.42 Å². The summed E-state index contributed by atoms with van der Waals surface area (Å²) in [5.41, 5.74) is 2.54. The number of nitrogens with one attached hydrogen (secondary N) is 1. The number of aliphatic hydroxyl groups is 1. The van der Waals surface area contributed by atoms with Gasteiger partial charge in [-0.15, -0.1) is 0 Å². The van der Waals surface area contributed by atoms with Crippen molar-refractivity contribution in [3.05, 3.63) is 33.8 Å². The first kappa shape index (κ1) is 12.4. The summed E-state index contributed by atoms with van der Waals surface area (Å²) in [6.07, 6.45) is -1.12. The molecule has 0 aliphatic carbocycles. The number of esters is 1. The molecular weight excluding hydrogens is 238 g/mol. The van der Waals surface area contributed by atoms with Crippen molar-refractivity contribution in [2.75, 3.05) is 7.11 Å². The Morgan fingerprint density at radius 2 is 2.28 bits per heavy atom. The third-order valence-electron chi connectivity index (χ3n) is 2.69. The molecule has 0 aliphatic heterocycles. The summed E-state index contributed by atoms with van der Waals surface area (Å²) in [5.74, 6) is -1.22. The molecule has 0 fully saturated rings. The van der Waals surface area contributed by atoms with Gasteiger partial charge in [-0.1, -0.05) is 6.07 Å². The number of carbonyl (C=O) groups excluding carboxylic acids is 1. The number of H-pyrrole nitrogens is 1. The lowest BCUT2D eigenvalue weighted by atomic mass is 10.0. The van der Waals surface area contributed by atoms with Gasteiger partial charge in [0.2, 0.25) is 0 Å². The minimum Gasteiger partial charge on any atom is -0.467 e. The molecule has 18 heavy (non-hydrogen) atoms. The van der Waals surface area contributed by atoms with Gasteiger partial charge in [0.15, 0.2) is 11.7 Å². The summed E-state index contributed by atoms with van der Waals surface area (Å²) in [6.45, 7) is 1.81. The second-order valence-corrected chi connectivity index (χ2v) is 4.04. The average molecular weight is 251 g/mol. The van der Waals surface area contributed by atoms with Gasteiger partial charge in [0.05, 0.1) is 12.6 Å². The van der Waals surface area contributed by atoms with Gasteiger partial charge >= 0.3 is 11.7 Å². The number of ether oxygens (including phenoxy) is 1. The van der Waals surface area contributed by atoms with Crippen LogP contribution in [0, 0.1) is 6.92 Å². The normalized spacial score (nSPS) is 12.6. The van der Waals surface area contributed by atoms with Gasteiger partial charge in [-0.05, 0) is 24.1 Å². The lowest BCUT2D eigenvalue weighted by Gasteiger charge is -2.08. The fourth-order valence-corrected chi connectivity index (χ4v) is 1.86. The van der Waals surface area contributed by atoms with Crippen LogP contribution in [-0.2, 0) is 16.0 Å². The number of benzene rings is 1. The zero-order valence-electron chi connectivity index (χ0n) is 10.0. The SMILES string of the molecule is COC(=O)C(O)Cc1cc(C)c2[nH]c(=O)oc2c1. The Labute approximate surface area is 102 Å². The molecule has 0 amide bonds. The van der Waals surface area contributed by atoms with Gasteiger partial charge in [0.25, 0.3) is 0 Å². The summed E-state index contributed by atoms with van der Waals surface area (Å²) >= 11 is 0. The number of hydrogen-bond acceptors (Lipinski definition) is 5. The number of methoxy groups -OCH3 is 1. The Kier molecular flexibility index (Phi) is 3.20. The van der Waals surface area contributed by atoms with Crippen LogP contribution in [-0.4, -0.2) is 29.3 Å². The fraction of sp³-hybridized carbons (Fsp3) is 0.333. The second-order valence-electron chi connectivity index (χ2n) is 4.04. The molecule has 0 spiro atoms. The van der Waals surface area contributed by atoms with Crippen LogP contribution in [0.4, 0.5) is 0 Å². The van der Waals surface area contributed by atoms with E-state index in [9.17, 15) is 14.7 Å². The van der Waals surface area contributed by atoms with Crippen LogP contribution in [0.3, 0.4) is 0 Å². The number of fused-ring (bicyclic) bond motifs is 1. The Morgan fingerprint density at radius 3 is 2.94 bits per heavy atom. The Bertz CT molecular complexity index is 639. The Hall–Kier alpha value is -2.08. The molecule has 1 heterocycles. The maximum atomic E-state index is 11.1. The van der Waals surface area contributed by atoms with Crippen molar-refractivity contribution < 1.29 is 19.1 Å². The van der Waals surface area contributed by atoms with Gasteiger partial charge in [-0.25, -0.2) is 9.59 Å². The zero-order valence-corrected chi connectivity index (χ0v) is 10.0. The van der Waals surface area contributed by atoms with E-state index in [4.69, 9.17) is 4.42 Å². The summed E-state index contributed by atoms with van der Waals surface area (Å²) in [5, 5.41) is 9.56. The molecule has 1 aromatic heterocycles. The van der Waals surface area contributed by atoms with Crippen LogP contribution in [0.2, 0.25) is 0 Å². The number of carbonyl (C=O) groups is 1. The summed E-state index contributed by atoms with van der Waals surface area (Å²) in [7, 11) is 1.21. The van der Waals surface area contributed by atoms with Crippen molar-refractivity contribution in [2.24, 2.45) is 0 Å². The minimum absolute atomic E-state index is 0.109. The molecule has 2 rings (SSSR count). The highest BCUT2D eigenvalue weighted by molar-refractivity contribution is 5.78. The summed E-state index contributed by atoms with van der Waals surface area (Å²) in [4.78, 5) is 24.8. The molecule has 96 valence electrons. The van der Waals surface area contributed by atoms with Crippen LogP contribution in [0.15, 0.2) is 21.3 Å². The van der Waals surface area contributed by atoms with Gasteiger partial charge < -0.3 is 14.3 Å². The van der Waals surface area contributed by atoms with E-state index in [1.807, 2.05) is 6.92 Å². The van der Waals surface area contributed by atoms with Crippen molar-refractivity contribution >= 4 is 17.1 Å². The molecule has 0 radical (unpaired) electrons. The highest BCUT2D eigenvalue weighted by Crippen LogP contribution is 2.18. The molecular formula is C12H13NO5. The number of aromatic nitrogens is 1. The van der Waals surface area contributed by atoms with E-state index in [0.717, 1.165) is 5.56 Å². The Balaban J connectivity index is 2.35. The van der Waals surface area contributed by atoms with Gasteiger partial charge in [0, 0.05) is 6.42 Å². The molecule has 0 bridgehead atoms. The number of rotatable bonds is 3. The van der Waals surface area contributed by atoms with Crippen LogP contribution >= 0.6 is 0 Å². The zero-order chi connectivity index (χ0) is 13.3. The van der Waals surface area contributed by atoms with E-state index < -0.39 is 17.8 Å². The first-order chi connectivity index (χ1) is 8.51. The minimum atomic E-state index is -1.22.